The fraction of sp³-hybridized carbons (Fsp3) is 0.0667. The van der Waals surface area contributed by atoms with Gasteiger partial charge in [0.1, 0.15) is 0 Å². The fourth-order valence-electron chi connectivity index (χ4n) is 2.05. The van der Waals surface area contributed by atoms with Crippen LogP contribution in [0, 0.1) is 0 Å². The third kappa shape index (κ3) is 2.17. The standard InChI is InChI=1S/C15H11NO3S/c17-8-10-6-11-14(19)12(7-13(18)15(11)20-10)16-9-4-2-1-3-5-9/h1-7,16-17H,8H2. The Morgan fingerprint density at radius 1 is 1.15 bits per heavy atom. The van der Waals surface area contributed by atoms with Gasteiger partial charge >= 0.3 is 0 Å². The lowest BCUT2D eigenvalue weighted by molar-refractivity contribution is 0.0988. The molecule has 5 heteroatoms. The van der Waals surface area contributed by atoms with Crippen LogP contribution in [0.5, 0.6) is 0 Å². The number of thiophene rings is 1. The number of hydrogen-bond acceptors (Lipinski definition) is 5. The molecule has 2 N–H and O–H groups in total. The Kier molecular flexibility index (Phi) is 3.22. The number of anilines is 1. The topological polar surface area (TPSA) is 66.4 Å². The van der Waals surface area contributed by atoms with Crippen LogP contribution < -0.4 is 5.32 Å². The highest BCUT2D eigenvalue weighted by Crippen LogP contribution is 2.30. The van der Waals surface area contributed by atoms with Crippen molar-refractivity contribution >= 4 is 28.6 Å². The Morgan fingerprint density at radius 3 is 2.60 bits per heavy atom. The summed E-state index contributed by atoms with van der Waals surface area (Å²) in [7, 11) is 0. The van der Waals surface area contributed by atoms with Crippen LogP contribution in [0.25, 0.3) is 0 Å². The number of allylic oxidation sites excluding steroid dienone is 2. The molecule has 0 fully saturated rings. The van der Waals surface area contributed by atoms with Crippen LogP contribution in [0.15, 0.2) is 48.2 Å². The SMILES string of the molecule is O=C1C(Nc2ccccc2)=CC(=O)c2sc(CO)cc21. The van der Waals surface area contributed by atoms with E-state index in [1.165, 1.54) is 6.08 Å². The highest BCUT2D eigenvalue weighted by Gasteiger charge is 2.28. The van der Waals surface area contributed by atoms with Gasteiger partial charge < -0.3 is 10.4 Å². The predicted octanol–water partition coefficient (Wildman–Crippen LogP) is 2.62. The molecule has 0 amide bonds. The van der Waals surface area contributed by atoms with E-state index in [2.05, 4.69) is 5.32 Å². The summed E-state index contributed by atoms with van der Waals surface area (Å²) in [6.07, 6.45) is 1.31. The van der Waals surface area contributed by atoms with Gasteiger partial charge in [-0.2, -0.15) is 0 Å². The van der Waals surface area contributed by atoms with E-state index < -0.39 is 0 Å². The van der Waals surface area contributed by atoms with Crippen molar-refractivity contribution in [1.29, 1.82) is 0 Å². The van der Waals surface area contributed by atoms with Crippen LogP contribution in [0.2, 0.25) is 0 Å². The number of nitrogens with one attached hydrogen (secondary N) is 1. The molecule has 20 heavy (non-hydrogen) atoms. The van der Waals surface area contributed by atoms with Crippen molar-refractivity contribution < 1.29 is 14.7 Å². The summed E-state index contributed by atoms with van der Waals surface area (Å²) in [5.41, 5.74) is 1.38. The number of fused-ring (bicyclic) bond motifs is 1. The van der Waals surface area contributed by atoms with E-state index in [1.807, 2.05) is 30.3 Å². The molecule has 0 saturated carbocycles. The van der Waals surface area contributed by atoms with Crippen molar-refractivity contribution in [2.45, 2.75) is 6.61 Å². The Hall–Kier alpha value is -2.24. The molecule has 0 spiro atoms. The maximum Gasteiger partial charge on any atom is 0.210 e. The minimum atomic E-state index is -0.223. The summed E-state index contributed by atoms with van der Waals surface area (Å²) in [6.45, 7) is -0.167. The number of Topliss-reactive ketones (excluding diaryl/α,β-unsaturated/α-hetero) is 1. The second-order valence-electron chi connectivity index (χ2n) is 4.36. The van der Waals surface area contributed by atoms with Crippen molar-refractivity contribution in [2.75, 3.05) is 5.32 Å². The molecule has 1 aliphatic carbocycles. The molecule has 1 heterocycles. The molecule has 1 aromatic carbocycles. The zero-order valence-corrected chi connectivity index (χ0v) is 11.2. The van der Waals surface area contributed by atoms with E-state index in [9.17, 15) is 9.59 Å². The number of aliphatic hydroxyl groups is 1. The van der Waals surface area contributed by atoms with Crippen LogP contribution in [0.1, 0.15) is 24.9 Å². The number of carbonyl (C=O) groups is 2. The smallest absolute Gasteiger partial charge is 0.210 e. The molecule has 0 bridgehead atoms. The fourth-order valence-corrected chi connectivity index (χ4v) is 2.97. The molecular formula is C15H11NO3S. The van der Waals surface area contributed by atoms with E-state index in [1.54, 1.807) is 6.07 Å². The number of rotatable bonds is 3. The largest absolute Gasteiger partial charge is 0.391 e. The van der Waals surface area contributed by atoms with E-state index in [-0.39, 0.29) is 23.9 Å². The summed E-state index contributed by atoms with van der Waals surface area (Å²) in [4.78, 5) is 25.4. The number of para-hydroxylation sites is 1. The second-order valence-corrected chi connectivity index (χ2v) is 5.49. The highest BCUT2D eigenvalue weighted by atomic mass is 32.1. The maximum atomic E-state index is 12.3. The highest BCUT2D eigenvalue weighted by molar-refractivity contribution is 7.14. The van der Waals surface area contributed by atoms with E-state index in [4.69, 9.17) is 5.11 Å². The zero-order chi connectivity index (χ0) is 14.1. The van der Waals surface area contributed by atoms with E-state index >= 15 is 0 Å². The first-order valence-electron chi connectivity index (χ1n) is 6.05. The van der Waals surface area contributed by atoms with Crippen LogP contribution in [0.3, 0.4) is 0 Å². The van der Waals surface area contributed by atoms with Crippen molar-refractivity contribution in [3.8, 4) is 0 Å². The van der Waals surface area contributed by atoms with Gasteiger partial charge in [0.05, 0.1) is 17.2 Å². The summed E-state index contributed by atoms with van der Waals surface area (Å²) < 4.78 is 0. The minimum absolute atomic E-state index is 0.167. The van der Waals surface area contributed by atoms with Gasteiger partial charge in [-0.1, -0.05) is 18.2 Å². The first-order valence-corrected chi connectivity index (χ1v) is 6.87. The number of ketones is 2. The summed E-state index contributed by atoms with van der Waals surface area (Å²) in [6, 6.07) is 10.8. The molecule has 0 atom stereocenters. The molecule has 0 saturated heterocycles. The third-order valence-corrected chi connectivity index (χ3v) is 4.11. The average molecular weight is 285 g/mol. The molecule has 0 unspecified atom stereocenters. The van der Waals surface area contributed by atoms with Crippen molar-refractivity contribution in [3.63, 3.8) is 0 Å². The van der Waals surface area contributed by atoms with Gasteiger partial charge in [0.2, 0.25) is 5.78 Å². The van der Waals surface area contributed by atoms with Crippen molar-refractivity contribution in [2.24, 2.45) is 0 Å². The van der Waals surface area contributed by atoms with Gasteiger partial charge in [-0.25, -0.2) is 0 Å². The molecule has 4 nitrogen and oxygen atoms in total. The molecule has 3 rings (SSSR count). The van der Waals surface area contributed by atoms with Crippen LogP contribution in [-0.4, -0.2) is 16.7 Å². The summed E-state index contributed by atoms with van der Waals surface area (Å²) >= 11 is 1.16. The quantitative estimate of drug-likeness (QED) is 0.909. The Morgan fingerprint density at radius 2 is 1.90 bits per heavy atom. The molecule has 1 aliphatic rings. The van der Waals surface area contributed by atoms with Gasteiger partial charge in [-0.3, -0.25) is 9.59 Å². The van der Waals surface area contributed by atoms with Crippen LogP contribution >= 0.6 is 11.3 Å². The predicted molar refractivity (Wildman–Crippen MR) is 77.1 cm³/mol. The van der Waals surface area contributed by atoms with Gasteiger partial charge in [0.15, 0.2) is 5.78 Å². The molecule has 0 radical (unpaired) electrons. The van der Waals surface area contributed by atoms with Crippen molar-refractivity contribution in [1.82, 2.24) is 0 Å². The van der Waals surface area contributed by atoms with Crippen LogP contribution in [0.4, 0.5) is 5.69 Å². The number of aliphatic hydroxyl groups excluding tert-OH is 1. The molecular weight excluding hydrogens is 274 g/mol. The van der Waals surface area contributed by atoms with E-state index in [0.717, 1.165) is 17.0 Å². The van der Waals surface area contributed by atoms with Gasteiger partial charge in [0, 0.05) is 22.2 Å². The lowest BCUT2D eigenvalue weighted by Crippen LogP contribution is -2.19. The first kappa shape index (κ1) is 12.8. The number of carbonyl (C=O) groups excluding carboxylic acids is 2. The lowest BCUT2D eigenvalue weighted by Gasteiger charge is -2.13. The number of benzene rings is 1. The normalized spacial score (nSPS) is 13.9. The Balaban J connectivity index is 1.94. The molecule has 100 valence electrons. The molecule has 2 aromatic rings. The third-order valence-electron chi connectivity index (χ3n) is 2.98. The molecule has 1 aromatic heterocycles. The Labute approximate surface area is 119 Å². The number of hydrogen-bond donors (Lipinski definition) is 2. The van der Waals surface area contributed by atoms with E-state index in [0.29, 0.717) is 15.3 Å². The van der Waals surface area contributed by atoms with Gasteiger partial charge in [-0.05, 0) is 18.2 Å². The Bertz CT molecular complexity index is 716. The zero-order valence-electron chi connectivity index (χ0n) is 10.4. The minimum Gasteiger partial charge on any atom is -0.391 e. The van der Waals surface area contributed by atoms with Gasteiger partial charge in [-0.15, -0.1) is 11.3 Å². The van der Waals surface area contributed by atoms with Gasteiger partial charge in [0.25, 0.3) is 0 Å². The monoisotopic (exact) mass is 285 g/mol. The first-order chi connectivity index (χ1) is 9.69. The molecule has 0 aliphatic heterocycles. The maximum absolute atomic E-state index is 12.3. The average Bonchev–Trinajstić information content (AvgIpc) is 2.91. The van der Waals surface area contributed by atoms with Crippen LogP contribution in [-0.2, 0) is 6.61 Å². The van der Waals surface area contributed by atoms with Crippen molar-refractivity contribution in [3.05, 3.63) is 63.5 Å². The second kappa shape index (κ2) is 5.03. The summed E-state index contributed by atoms with van der Waals surface area (Å²) in [5.74, 6) is -0.429. The summed E-state index contributed by atoms with van der Waals surface area (Å²) in [5, 5.41) is 12.1. The lowest BCUT2D eigenvalue weighted by atomic mass is 10.00.